The predicted octanol–water partition coefficient (Wildman–Crippen LogP) is 3.69. The molecule has 1 aromatic rings. The van der Waals surface area contributed by atoms with Gasteiger partial charge in [0.2, 0.25) is 0 Å². The van der Waals surface area contributed by atoms with Crippen LogP contribution in [0.4, 0.5) is 0 Å². The maximum Gasteiger partial charge on any atom is 0.188 e. The lowest BCUT2D eigenvalue weighted by Gasteiger charge is -2.09. The zero-order valence-corrected chi connectivity index (χ0v) is 15.2. The van der Waals surface area contributed by atoms with E-state index in [1.807, 2.05) is 0 Å². The third-order valence-electron chi connectivity index (χ3n) is 2.28. The summed E-state index contributed by atoms with van der Waals surface area (Å²) in [5.41, 5.74) is 5.66. The molecule has 0 amide bonds. The van der Waals surface area contributed by atoms with Crippen molar-refractivity contribution in [2.75, 3.05) is 19.7 Å². The van der Waals surface area contributed by atoms with Crippen LogP contribution in [0, 0.1) is 0 Å². The van der Waals surface area contributed by atoms with Gasteiger partial charge in [-0.05, 0) is 31.0 Å². The summed E-state index contributed by atoms with van der Waals surface area (Å²) >= 11 is 11.8. The van der Waals surface area contributed by atoms with Crippen LogP contribution in [-0.4, -0.2) is 25.7 Å². The molecule has 0 heterocycles. The molecule has 0 fully saturated rings. The van der Waals surface area contributed by atoms with Crippen molar-refractivity contribution < 1.29 is 4.74 Å². The Balaban J connectivity index is 0.00000361. The summed E-state index contributed by atoms with van der Waals surface area (Å²) in [5, 5.41) is 4.14. The van der Waals surface area contributed by atoms with E-state index < -0.39 is 0 Å². The van der Waals surface area contributed by atoms with Gasteiger partial charge in [0.25, 0.3) is 0 Å². The molecule has 0 bridgehead atoms. The molecule has 0 aromatic heterocycles. The van der Waals surface area contributed by atoms with Crippen molar-refractivity contribution in [3.63, 3.8) is 0 Å². The Morgan fingerprint density at radius 1 is 1.40 bits per heavy atom. The van der Waals surface area contributed by atoms with Gasteiger partial charge in [-0.15, -0.1) is 24.0 Å². The highest BCUT2D eigenvalue weighted by molar-refractivity contribution is 14.0. The molecule has 1 rings (SSSR count). The summed E-state index contributed by atoms with van der Waals surface area (Å²) in [6.07, 6.45) is 1.79. The molecular formula is C13H20Cl2IN3O. The lowest BCUT2D eigenvalue weighted by molar-refractivity contribution is 0.311. The van der Waals surface area contributed by atoms with E-state index in [2.05, 4.69) is 17.2 Å². The van der Waals surface area contributed by atoms with Crippen LogP contribution in [0.5, 0.6) is 5.75 Å². The van der Waals surface area contributed by atoms with Crippen LogP contribution in [-0.2, 0) is 0 Å². The Labute approximate surface area is 147 Å². The van der Waals surface area contributed by atoms with Gasteiger partial charge in [0, 0.05) is 18.1 Å². The number of nitrogens with two attached hydrogens (primary N) is 1. The van der Waals surface area contributed by atoms with Crippen LogP contribution in [0.2, 0.25) is 10.0 Å². The molecule has 0 saturated carbocycles. The van der Waals surface area contributed by atoms with Gasteiger partial charge in [-0.1, -0.05) is 30.1 Å². The van der Waals surface area contributed by atoms with E-state index in [0.29, 0.717) is 34.9 Å². The van der Waals surface area contributed by atoms with Crippen LogP contribution in [0.1, 0.15) is 19.8 Å². The number of guanidine groups is 1. The highest BCUT2D eigenvalue weighted by atomic mass is 127. The fourth-order valence-electron chi connectivity index (χ4n) is 1.35. The molecule has 0 aliphatic carbocycles. The molecule has 3 N–H and O–H groups in total. The fraction of sp³-hybridized carbons (Fsp3) is 0.462. The number of rotatable bonds is 7. The van der Waals surface area contributed by atoms with Crippen LogP contribution < -0.4 is 15.8 Å². The number of nitrogens with one attached hydrogen (secondary N) is 1. The van der Waals surface area contributed by atoms with E-state index >= 15 is 0 Å². The summed E-state index contributed by atoms with van der Waals surface area (Å²) in [5.74, 6) is 1.12. The summed E-state index contributed by atoms with van der Waals surface area (Å²) < 4.78 is 5.54. The maximum atomic E-state index is 5.99. The number of benzene rings is 1. The van der Waals surface area contributed by atoms with Crippen LogP contribution in [0.25, 0.3) is 0 Å². The average molecular weight is 432 g/mol. The number of ether oxygens (including phenoxy) is 1. The first-order chi connectivity index (χ1) is 9.13. The third-order valence-corrected chi connectivity index (χ3v) is 2.81. The highest BCUT2D eigenvalue weighted by Crippen LogP contribution is 2.27. The molecule has 0 aliphatic heterocycles. The first-order valence-corrected chi connectivity index (χ1v) is 7.00. The molecule has 7 heteroatoms. The van der Waals surface area contributed by atoms with Crippen molar-refractivity contribution >= 4 is 53.1 Å². The first kappa shape index (κ1) is 19.6. The van der Waals surface area contributed by atoms with E-state index in [-0.39, 0.29) is 24.0 Å². The van der Waals surface area contributed by atoms with E-state index in [0.717, 1.165) is 19.4 Å². The molecule has 1 aromatic carbocycles. The second kappa shape index (κ2) is 11.3. The lowest BCUT2D eigenvalue weighted by Crippen LogP contribution is -2.33. The van der Waals surface area contributed by atoms with E-state index in [1.54, 1.807) is 18.2 Å². The summed E-state index contributed by atoms with van der Waals surface area (Å²) in [4.78, 5) is 4.13. The number of halogens is 3. The molecule has 0 aliphatic rings. The first-order valence-electron chi connectivity index (χ1n) is 6.25. The fourth-order valence-corrected chi connectivity index (χ4v) is 1.81. The molecule has 0 radical (unpaired) electrons. The Morgan fingerprint density at radius 2 is 2.15 bits per heavy atom. The average Bonchev–Trinajstić information content (AvgIpc) is 2.38. The maximum absolute atomic E-state index is 5.99. The van der Waals surface area contributed by atoms with Gasteiger partial charge < -0.3 is 15.8 Å². The van der Waals surface area contributed by atoms with Crippen molar-refractivity contribution in [3.05, 3.63) is 28.2 Å². The zero-order chi connectivity index (χ0) is 14.1. The van der Waals surface area contributed by atoms with Gasteiger partial charge in [0.15, 0.2) is 5.96 Å². The lowest BCUT2D eigenvalue weighted by atomic mass is 10.3. The van der Waals surface area contributed by atoms with Gasteiger partial charge in [0.1, 0.15) is 5.75 Å². The number of hydrogen-bond donors (Lipinski definition) is 2. The molecule has 0 saturated heterocycles. The van der Waals surface area contributed by atoms with Gasteiger partial charge in [-0.25, -0.2) is 0 Å². The minimum atomic E-state index is 0. The van der Waals surface area contributed by atoms with Crippen molar-refractivity contribution in [2.24, 2.45) is 10.7 Å². The quantitative estimate of drug-likeness (QED) is 0.299. The highest BCUT2D eigenvalue weighted by Gasteiger charge is 2.01. The molecule has 0 unspecified atom stereocenters. The summed E-state index contributed by atoms with van der Waals surface area (Å²) in [6.45, 7) is 4.07. The van der Waals surface area contributed by atoms with Gasteiger partial charge in [0.05, 0.1) is 11.6 Å². The second-order valence-electron chi connectivity index (χ2n) is 3.97. The standard InChI is InChI=1S/C13H19Cl2N3O.HI/c1-2-6-17-13(16)18-7-3-8-19-12-5-4-10(14)9-11(12)15;/h4-5,9H,2-3,6-8H2,1H3,(H3,16,17,18);1H. The van der Waals surface area contributed by atoms with Crippen LogP contribution in [0.15, 0.2) is 23.2 Å². The smallest absolute Gasteiger partial charge is 0.188 e. The van der Waals surface area contributed by atoms with Crippen LogP contribution in [0.3, 0.4) is 0 Å². The van der Waals surface area contributed by atoms with Crippen molar-refractivity contribution in [2.45, 2.75) is 19.8 Å². The van der Waals surface area contributed by atoms with Crippen molar-refractivity contribution in [1.82, 2.24) is 5.32 Å². The SMILES string of the molecule is CCCN=C(N)NCCCOc1ccc(Cl)cc1Cl.I. The Bertz CT molecular complexity index is 430. The summed E-state index contributed by atoms with van der Waals surface area (Å²) in [7, 11) is 0. The monoisotopic (exact) mass is 431 g/mol. The van der Waals surface area contributed by atoms with E-state index in [4.69, 9.17) is 33.7 Å². The number of aliphatic imine (C=N–C) groups is 1. The van der Waals surface area contributed by atoms with Gasteiger partial charge in [-0.2, -0.15) is 0 Å². The summed E-state index contributed by atoms with van der Waals surface area (Å²) in [6, 6.07) is 5.16. The Morgan fingerprint density at radius 3 is 2.80 bits per heavy atom. The predicted molar refractivity (Wildman–Crippen MR) is 96.8 cm³/mol. The molecule has 114 valence electrons. The molecule has 4 nitrogen and oxygen atoms in total. The topological polar surface area (TPSA) is 59.6 Å². The minimum Gasteiger partial charge on any atom is -0.492 e. The van der Waals surface area contributed by atoms with Gasteiger partial charge >= 0.3 is 0 Å². The molecule has 20 heavy (non-hydrogen) atoms. The zero-order valence-electron chi connectivity index (χ0n) is 11.4. The largest absolute Gasteiger partial charge is 0.492 e. The number of hydrogen-bond acceptors (Lipinski definition) is 2. The number of nitrogens with zero attached hydrogens (tertiary/aromatic N) is 1. The van der Waals surface area contributed by atoms with Crippen molar-refractivity contribution in [1.29, 1.82) is 0 Å². The Kier molecular flexibility index (Phi) is 11.1. The van der Waals surface area contributed by atoms with E-state index in [9.17, 15) is 0 Å². The second-order valence-corrected chi connectivity index (χ2v) is 4.81. The minimum absolute atomic E-state index is 0. The normalized spacial score (nSPS) is 10.8. The third kappa shape index (κ3) is 8.01. The van der Waals surface area contributed by atoms with Crippen LogP contribution >= 0.6 is 47.2 Å². The Hall–Kier alpha value is -0.400. The van der Waals surface area contributed by atoms with Gasteiger partial charge in [-0.3, -0.25) is 4.99 Å². The van der Waals surface area contributed by atoms with E-state index in [1.165, 1.54) is 0 Å². The molecule has 0 spiro atoms. The van der Waals surface area contributed by atoms with Crippen molar-refractivity contribution in [3.8, 4) is 5.75 Å². The molecular weight excluding hydrogens is 412 g/mol. The molecule has 0 atom stereocenters.